The molecule has 3 saturated heterocycles. The van der Waals surface area contributed by atoms with E-state index in [9.17, 15) is 74.6 Å². The summed E-state index contributed by atoms with van der Waals surface area (Å²) < 4.78 is 20.3. The number of carbonyl (C=O) groups excluding carboxylic acids is 8. The van der Waals surface area contributed by atoms with Gasteiger partial charge in [-0.15, -0.1) is 14.5 Å². The number of nitrogens with one attached hydrogen (secondary N) is 6. The first kappa shape index (κ1) is 80.1. The summed E-state index contributed by atoms with van der Waals surface area (Å²) in [6.45, 7) is 6.10. The third kappa shape index (κ3) is 22.1. The molecule has 13 N–H and O–H groups in total. The number of nitrogens with zero attached hydrogens (tertiary/aromatic N) is 5. The number of aromatic nitrogens is 2. The molecule has 0 saturated carbocycles. The molecule has 0 bridgehead atoms. The fourth-order valence-electron chi connectivity index (χ4n) is 11.4. The van der Waals surface area contributed by atoms with Crippen molar-refractivity contribution in [3.05, 3.63) is 77.9 Å². The molecule has 0 spiro atoms. The normalized spacial score (nSPS) is 23.7. The third-order valence-electron chi connectivity index (χ3n) is 16.8. The Hall–Kier alpha value is -6.87. The van der Waals surface area contributed by atoms with Crippen LogP contribution in [0.3, 0.4) is 0 Å². The average Bonchev–Trinajstić information content (AvgIpc) is 1.61. The van der Waals surface area contributed by atoms with E-state index in [2.05, 4.69) is 51.5 Å². The molecule has 13 atom stereocenters. The number of ether oxygens (including phenoxy) is 2. The Morgan fingerprint density at radius 1 is 0.765 bits per heavy atom. The van der Waals surface area contributed by atoms with Gasteiger partial charge in [-0.05, 0) is 94.1 Å². The van der Waals surface area contributed by atoms with Crippen molar-refractivity contribution < 1.29 is 132 Å². The first-order valence-electron chi connectivity index (χ1n) is 32.0. The van der Waals surface area contributed by atoms with Gasteiger partial charge in [0.05, 0.1) is 43.2 Å². The van der Waals surface area contributed by atoms with E-state index in [4.69, 9.17) is 13.7 Å². The molecule has 0 radical (unpaired) electrons. The topological polar surface area (TPSA) is 455 Å². The van der Waals surface area contributed by atoms with Gasteiger partial charge in [0.15, 0.2) is 11.5 Å². The van der Waals surface area contributed by atoms with E-state index in [1.807, 2.05) is 24.3 Å². The maximum atomic E-state index is 15.1. The minimum Gasteiger partial charge on any atom is -0.691 e. The number of methoxy groups -OCH3 is 1. The van der Waals surface area contributed by atoms with Gasteiger partial charge in [-0.3, -0.25) is 38.6 Å². The number of carbonyl (C=O) groups is 8. The van der Waals surface area contributed by atoms with Crippen molar-refractivity contribution in [1.82, 2.24) is 56.8 Å². The summed E-state index contributed by atoms with van der Waals surface area (Å²) in [5.74, 6) is -8.97. The number of fused-ring (bicyclic) bond motifs is 2. The predicted octanol–water partition coefficient (Wildman–Crippen LogP) is -3.89. The number of rotatable bonds is 27. The van der Waals surface area contributed by atoms with E-state index in [0.717, 1.165) is 73.1 Å². The summed E-state index contributed by atoms with van der Waals surface area (Å²) in [5.41, 5.74) is 1.47. The first-order chi connectivity index (χ1) is 46.5. The summed E-state index contributed by atoms with van der Waals surface area (Å²) in [6, 6.07) is 5.05. The SMILES string of the molecule is CCN(CC)C(=O)NCC[C@@H](O)[C@@H]1NC(=O)[C@H]([C@H](O)Cc2ccc(O)c(OSOO[O-])c2)NC(=O)[C@@H]2C[C@H](O)CN2C(=O)[C@H]([C@H](C)O)NC(=O)[C@@H](NC(=O)c2ccc(-c3nnc(-c4ccc(OCCCCCCCOC)cc4)s3)cc2)C[C@H](O)CNC(=O)[C@@H]2[C@@H](O)[C@H](C)CN2C1=O.[Na+]. The van der Waals surface area contributed by atoms with Crippen molar-refractivity contribution in [2.75, 3.05) is 59.6 Å². The summed E-state index contributed by atoms with van der Waals surface area (Å²) in [4.78, 5) is 119. The smallest absolute Gasteiger partial charge is 0.691 e. The Balaban J connectivity index is 0.0000152. The first-order valence-corrected chi connectivity index (χ1v) is 33.4. The molecule has 0 aliphatic carbocycles. The van der Waals surface area contributed by atoms with Crippen molar-refractivity contribution in [2.24, 2.45) is 5.92 Å². The van der Waals surface area contributed by atoms with Gasteiger partial charge in [-0.2, -0.15) is 0 Å². The third-order valence-corrected chi connectivity index (χ3v) is 18.2. The van der Waals surface area contributed by atoms with Crippen LogP contribution in [-0.2, 0) is 49.3 Å². The molecule has 35 heteroatoms. The number of hydrogen-bond donors (Lipinski definition) is 13. The molecule has 3 aliphatic heterocycles. The molecule has 4 heterocycles. The van der Waals surface area contributed by atoms with Crippen LogP contribution in [0, 0.1) is 5.92 Å². The molecule has 4 aromatic rings. The summed E-state index contributed by atoms with van der Waals surface area (Å²) in [7, 11) is 1.69. The van der Waals surface area contributed by atoms with Crippen LogP contribution >= 0.6 is 23.7 Å². The molecule has 98 heavy (non-hydrogen) atoms. The number of aliphatic hydroxyl groups is 6. The molecule has 0 unspecified atom stereocenters. The molecule has 3 aromatic carbocycles. The number of hydrogen-bond acceptors (Lipinski definition) is 25. The standard InChI is InChI=1S/C63H87N11O21S2.Na/c1-6-72(7-2)63(89)64-24-23-46(79)51-62(88)74-32-34(3)53(81)52(74)58(86)65-31-40(76)29-43(66-54(82)37-14-16-38(17-15-37)59-70-71-60(96-59)39-18-20-42(21-19-39)92-26-12-10-8-9-11-25-91-5)55(83)67-49(35(4)75)61(87)73-33-41(77)30-44(73)56(84)68-50(57(85)69-51)47(80)27-36-13-22-45(78)48(28-36)93-97-95-94-90;/h13-22,28,34-35,40-41,43-44,46-47,49-53,75-81,90H,6-12,23-27,29-33H2,1-5H3,(H,64,89)(H,65,86)(H,66,82)(H,67,83)(H,68,84)(H,69,85);/q;+1/p-1/t34-,35+,40+,41+,43+,44+,46-,47-,49+,50+,51+,52+,53+;/m1./s1. The monoisotopic (exact) mass is 1420 g/mol. The van der Waals surface area contributed by atoms with Crippen molar-refractivity contribution >= 4 is 71.0 Å². The number of unbranched alkanes of at least 4 members (excludes halogenated alkanes) is 4. The van der Waals surface area contributed by atoms with E-state index >= 15 is 4.79 Å². The number of amides is 9. The van der Waals surface area contributed by atoms with Crippen molar-refractivity contribution in [3.8, 4) is 38.4 Å². The van der Waals surface area contributed by atoms with Crippen LogP contribution in [0.1, 0.15) is 95.0 Å². The van der Waals surface area contributed by atoms with Crippen molar-refractivity contribution in [3.63, 3.8) is 0 Å². The van der Waals surface area contributed by atoms with Gasteiger partial charge in [0.25, 0.3) is 18.2 Å². The number of aromatic hydroxyl groups is 1. The van der Waals surface area contributed by atoms with Gasteiger partial charge in [-0.1, -0.05) is 55.7 Å². The zero-order chi connectivity index (χ0) is 70.5. The number of benzene rings is 3. The second-order valence-electron chi connectivity index (χ2n) is 23.9. The van der Waals surface area contributed by atoms with Gasteiger partial charge >= 0.3 is 35.6 Å². The van der Waals surface area contributed by atoms with Crippen LogP contribution in [-0.4, -0.2) is 240 Å². The Morgan fingerprint density at radius 2 is 1.39 bits per heavy atom. The average molecular weight is 1420 g/mol. The number of β-amino-alcohol motifs (C(OH)–C–C–N with tert-alkyl or cyclic N) is 1. The summed E-state index contributed by atoms with van der Waals surface area (Å²) in [5, 5.41) is 118. The summed E-state index contributed by atoms with van der Waals surface area (Å²) >= 11 is 1.30. The van der Waals surface area contributed by atoms with Crippen molar-refractivity contribution in [1.29, 1.82) is 0 Å². The van der Waals surface area contributed by atoms with Crippen LogP contribution in [0.15, 0.2) is 66.7 Å². The molecule has 3 aliphatic rings. The molecule has 3 fully saturated rings. The van der Waals surface area contributed by atoms with E-state index in [0.29, 0.717) is 41.0 Å². The van der Waals surface area contributed by atoms with E-state index in [1.54, 1.807) is 33.1 Å². The maximum absolute atomic E-state index is 15.1. The quantitative estimate of drug-likeness (QED) is 0.00893. The molecular weight excluding hydrogens is 1330 g/mol. The Labute approximate surface area is 596 Å². The zero-order valence-electron chi connectivity index (χ0n) is 55.3. The molecule has 532 valence electrons. The van der Waals surface area contributed by atoms with Gasteiger partial charge in [0.2, 0.25) is 35.4 Å². The van der Waals surface area contributed by atoms with Crippen molar-refractivity contribution in [2.45, 2.75) is 158 Å². The van der Waals surface area contributed by atoms with Gasteiger partial charge < -0.3 is 101 Å². The fraction of sp³-hybridized carbons (Fsp3) is 0.556. The fourth-order valence-corrected chi connectivity index (χ4v) is 12.5. The second-order valence-corrected chi connectivity index (χ2v) is 25.3. The number of aliphatic hydroxyl groups excluding tert-OH is 6. The van der Waals surface area contributed by atoms with Crippen LogP contribution in [0.2, 0.25) is 0 Å². The molecular formula is C63H86N11NaO21S2. The number of phenolic OH excluding ortho intramolecular Hbond substituents is 1. The molecule has 9 amide bonds. The number of phenols is 1. The maximum Gasteiger partial charge on any atom is 1.00 e. The minimum atomic E-state index is -2.17. The van der Waals surface area contributed by atoms with Crippen LogP contribution in [0.4, 0.5) is 4.79 Å². The predicted molar refractivity (Wildman–Crippen MR) is 346 cm³/mol. The molecule has 7 rings (SSSR count). The van der Waals surface area contributed by atoms with Crippen LogP contribution < -0.4 is 75.6 Å². The van der Waals surface area contributed by atoms with Gasteiger partial charge in [-0.25, -0.2) is 4.79 Å². The van der Waals surface area contributed by atoms with E-state index in [-0.39, 0.29) is 71.8 Å². The summed E-state index contributed by atoms with van der Waals surface area (Å²) in [6.07, 6.45) is -7.56. The van der Waals surface area contributed by atoms with Gasteiger partial charge in [0, 0.05) is 94.9 Å². The Kier molecular flexibility index (Phi) is 32.1. The molecule has 1 aromatic heterocycles. The Morgan fingerprint density at radius 3 is 2.03 bits per heavy atom. The second kappa shape index (κ2) is 39.2. The largest absolute Gasteiger partial charge is 1.00 e. The van der Waals surface area contributed by atoms with Crippen LogP contribution in [0.25, 0.3) is 21.1 Å². The Bertz CT molecular complexity index is 3290. The number of urea groups is 1. The molecule has 32 nitrogen and oxygen atoms in total. The zero-order valence-corrected chi connectivity index (χ0v) is 58.9. The van der Waals surface area contributed by atoms with Gasteiger partial charge in [0.1, 0.15) is 52.0 Å². The van der Waals surface area contributed by atoms with Crippen LogP contribution in [0.5, 0.6) is 17.2 Å². The van der Waals surface area contributed by atoms with E-state index in [1.165, 1.54) is 41.4 Å². The minimum absolute atomic E-state index is 0. The van der Waals surface area contributed by atoms with E-state index < -0.39 is 171 Å².